The van der Waals surface area contributed by atoms with E-state index in [0.717, 1.165) is 19.3 Å². The molecular weight excluding hydrogens is 235 g/mol. The molecule has 5 heteroatoms. The van der Waals surface area contributed by atoms with Gasteiger partial charge < -0.3 is 15.2 Å². The highest BCUT2D eigenvalue weighted by Crippen LogP contribution is 2.35. The molecule has 0 radical (unpaired) electrons. The van der Waals surface area contributed by atoms with Crippen molar-refractivity contribution >= 4 is 13.2 Å². The Morgan fingerprint density at radius 3 is 2.47 bits per heavy atom. The number of rotatable bonds is 5. The van der Waals surface area contributed by atoms with Crippen LogP contribution in [0.25, 0.3) is 0 Å². The van der Waals surface area contributed by atoms with Crippen LogP contribution in [-0.2, 0) is 4.57 Å². The molecule has 4 nitrogen and oxygen atoms in total. The van der Waals surface area contributed by atoms with E-state index < -0.39 is 7.14 Å². The predicted molar refractivity (Wildman–Crippen MR) is 72.3 cm³/mol. The minimum absolute atomic E-state index is 0.0704. The van der Waals surface area contributed by atoms with Crippen molar-refractivity contribution in [1.29, 1.82) is 0 Å². The second-order valence-electron chi connectivity index (χ2n) is 5.39. The van der Waals surface area contributed by atoms with Gasteiger partial charge in [0.25, 0.3) is 0 Å². The molecule has 1 aliphatic carbocycles. The van der Waals surface area contributed by atoms with E-state index in [0.29, 0.717) is 18.7 Å². The fraction of sp³-hybridized carbons (Fsp3) is 0.917. The molecule has 0 unspecified atom stereocenters. The van der Waals surface area contributed by atoms with Gasteiger partial charge in [-0.25, -0.2) is 4.79 Å². The molecule has 0 aromatic heterocycles. The van der Waals surface area contributed by atoms with Gasteiger partial charge in [-0.1, -0.05) is 19.3 Å². The zero-order chi connectivity index (χ0) is 12.7. The Balaban J connectivity index is 2.06. The van der Waals surface area contributed by atoms with Gasteiger partial charge in [0.1, 0.15) is 0 Å². The molecule has 2 amide bonds. The maximum Gasteiger partial charge on any atom is 0.315 e. The number of carbonyl (C=O) groups excluding carboxylic acids is 1. The third-order valence-electron chi connectivity index (χ3n) is 3.10. The van der Waals surface area contributed by atoms with Crippen LogP contribution in [-0.4, -0.2) is 38.1 Å². The van der Waals surface area contributed by atoms with Gasteiger partial charge in [0, 0.05) is 18.7 Å². The van der Waals surface area contributed by atoms with Crippen LogP contribution < -0.4 is 10.6 Å². The molecule has 0 aromatic rings. The van der Waals surface area contributed by atoms with E-state index in [9.17, 15) is 9.36 Å². The summed E-state index contributed by atoms with van der Waals surface area (Å²) < 4.78 is 11.4. The van der Waals surface area contributed by atoms with Crippen molar-refractivity contribution in [3.05, 3.63) is 0 Å². The lowest BCUT2D eigenvalue weighted by Crippen LogP contribution is -2.43. The van der Waals surface area contributed by atoms with E-state index in [1.54, 1.807) is 13.3 Å². The summed E-state index contributed by atoms with van der Waals surface area (Å²) in [4.78, 5) is 11.5. The summed E-state index contributed by atoms with van der Waals surface area (Å²) in [6, 6.07) is 0.283. The van der Waals surface area contributed by atoms with Gasteiger partial charge in [-0.3, -0.25) is 0 Å². The van der Waals surface area contributed by atoms with Gasteiger partial charge in [-0.05, 0) is 32.6 Å². The molecule has 1 fully saturated rings. The predicted octanol–water partition coefficient (Wildman–Crippen LogP) is 2.63. The quantitative estimate of drug-likeness (QED) is 0.589. The topological polar surface area (TPSA) is 58.2 Å². The van der Waals surface area contributed by atoms with Gasteiger partial charge in [0.15, 0.2) is 0 Å². The lowest BCUT2D eigenvalue weighted by molar-refractivity contribution is 0.232. The zero-order valence-corrected chi connectivity index (χ0v) is 11.9. The van der Waals surface area contributed by atoms with E-state index in [1.165, 1.54) is 19.3 Å². The Kier molecular flexibility index (Phi) is 6.04. The molecule has 17 heavy (non-hydrogen) atoms. The number of hydrogen-bond acceptors (Lipinski definition) is 2. The minimum atomic E-state index is -1.93. The van der Waals surface area contributed by atoms with Crippen LogP contribution in [0, 0.1) is 0 Å². The van der Waals surface area contributed by atoms with Crippen molar-refractivity contribution in [2.24, 2.45) is 0 Å². The summed E-state index contributed by atoms with van der Waals surface area (Å²) in [5, 5.41) is 5.83. The normalized spacial score (nSPS) is 17.8. The minimum Gasteiger partial charge on any atom is -0.338 e. The lowest BCUT2D eigenvalue weighted by Gasteiger charge is -2.22. The van der Waals surface area contributed by atoms with Gasteiger partial charge in [0.2, 0.25) is 0 Å². The van der Waals surface area contributed by atoms with Crippen LogP contribution in [0.4, 0.5) is 4.79 Å². The van der Waals surface area contributed by atoms with Crippen molar-refractivity contribution in [2.75, 3.05) is 26.0 Å². The van der Waals surface area contributed by atoms with Crippen molar-refractivity contribution in [1.82, 2.24) is 10.6 Å². The molecule has 0 bridgehead atoms. The Labute approximate surface area is 104 Å². The average Bonchev–Trinajstić information content (AvgIpc) is 2.25. The molecule has 1 saturated carbocycles. The van der Waals surface area contributed by atoms with Crippen molar-refractivity contribution in [3.63, 3.8) is 0 Å². The van der Waals surface area contributed by atoms with E-state index in [-0.39, 0.29) is 6.03 Å². The molecule has 0 heterocycles. The van der Waals surface area contributed by atoms with Gasteiger partial charge in [0.05, 0.1) is 7.14 Å². The number of nitrogens with one attached hydrogen (secondary N) is 2. The van der Waals surface area contributed by atoms with Crippen LogP contribution >= 0.6 is 7.14 Å². The average molecular weight is 260 g/mol. The Bertz CT molecular complexity index is 282. The standard InChI is InChI=1S/C12H25N2O2P/c1-17(2,16)10-6-9-13-12(15)14-11-7-4-3-5-8-11/h11H,3-10H2,1-2H3,(H2,13,14,15). The van der Waals surface area contributed by atoms with Gasteiger partial charge >= 0.3 is 6.03 Å². The van der Waals surface area contributed by atoms with Gasteiger partial charge in [-0.15, -0.1) is 0 Å². The number of hydrogen-bond donors (Lipinski definition) is 2. The third-order valence-corrected chi connectivity index (χ3v) is 4.49. The summed E-state index contributed by atoms with van der Waals surface area (Å²) >= 11 is 0. The third kappa shape index (κ3) is 7.43. The molecular formula is C12H25N2O2P. The first-order valence-corrected chi connectivity index (χ1v) is 9.34. The summed E-state index contributed by atoms with van der Waals surface area (Å²) in [5.41, 5.74) is 0. The second-order valence-corrected chi connectivity index (χ2v) is 8.98. The van der Waals surface area contributed by atoms with E-state index in [2.05, 4.69) is 10.6 Å². The van der Waals surface area contributed by atoms with Crippen molar-refractivity contribution in [2.45, 2.75) is 44.6 Å². The van der Waals surface area contributed by atoms with Crippen LogP contribution in [0.3, 0.4) is 0 Å². The summed E-state index contributed by atoms with van der Waals surface area (Å²) in [6.07, 6.45) is 7.44. The summed E-state index contributed by atoms with van der Waals surface area (Å²) in [6.45, 7) is 4.19. The van der Waals surface area contributed by atoms with Crippen LogP contribution in [0.1, 0.15) is 38.5 Å². The molecule has 0 atom stereocenters. The molecule has 0 spiro atoms. The highest BCUT2D eigenvalue weighted by atomic mass is 31.2. The maximum atomic E-state index is 11.5. The Hall–Kier alpha value is -0.500. The smallest absolute Gasteiger partial charge is 0.315 e. The summed E-state index contributed by atoms with van der Waals surface area (Å²) in [5.74, 6) is 0. The first kappa shape index (κ1) is 14.6. The molecule has 0 aliphatic heterocycles. The first-order valence-electron chi connectivity index (χ1n) is 6.56. The van der Waals surface area contributed by atoms with Crippen molar-refractivity contribution in [3.8, 4) is 0 Å². The van der Waals surface area contributed by atoms with Crippen molar-refractivity contribution < 1.29 is 9.36 Å². The highest BCUT2D eigenvalue weighted by molar-refractivity contribution is 7.62. The fourth-order valence-corrected chi connectivity index (χ4v) is 3.06. The first-order chi connectivity index (χ1) is 7.97. The molecule has 1 rings (SSSR count). The van der Waals surface area contributed by atoms with Crippen LogP contribution in [0.2, 0.25) is 0 Å². The van der Waals surface area contributed by atoms with Crippen LogP contribution in [0.5, 0.6) is 0 Å². The number of amides is 2. The Morgan fingerprint density at radius 2 is 1.88 bits per heavy atom. The number of urea groups is 1. The fourth-order valence-electron chi connectivity index (χ4n) is 2.15. The van der Waals surface area contributed by atoms with Crippen LogP contribution in [0.15, 0.2) is 0 Å². The second kappa shape index (κ2) is 7.05. The van der Waals surface area contributed by atoms with Gasteiger partial charge in [-0.2, -0.15) is 0 Å². The van der Waals surface area contributed by atoms with E-state index >= 15 is 0 Å². The highest BCUT2D eigenvalue weighted by Gasteiger charge is 2.15. The molecule has 0 saturated heterocycles. The SMILES string of the molecule is CP(C)(=O)CCCNC(=O)NC1CCCCC1. The maximum absolute atomic E-state index is 11.5. The monoisotopic (exact) mass is 260 g/mol. The van der Waals surface area contributed by atoms with E-state index in [1.807, 2.05) is 0 Å². The molecule has 2 N–H and O–H groups in total. The van der Waals surface area contributed by atoms with E-state index in [4.69, 9.17) is 0 Å². The molecule has 100 valence electrons. The summed E-state index contributed by atoms with van der Waals surface area (Å²) in [7, 11) is -1.93. The number of carbonyl (C=O) groups is 1. The zero-order valence-electron chi connectivity index (χ0n) is 11.0. The largest absolute Gasteiger partial charge is 0.338 e. The lowest BCUT2D eigenvalue weighted by atomic mass is 9.96. The Morgan fingerprint density at radius 1 is 1.24 bits per heavy atom. The molecule has 1 aliphatic rings. The molecule has 0 aromatic carbocycles.